The average molecular weight is 311 g/mol. The van der Waals surface area contributed by atoms with Gasteiger partial charge in [0.2, 0.25) is 0 Å². The lowest BCUT2D eigenvalue weighted by atomic mass is 10.3. The third kappa shape index (κ3) is 3.11. The fourth-order valence-electron chi connectivity index (χ4n) is 1.73. The molecule has 2 rings (SSSR count). The molecule has 2 N–H and O–H groups in total. The van der Waals surface area contributed by atoms with E-state index in [2.05, 4.69) is 15.1 Å². The maximum absolute atomic E-state index is 12.2. The summed E-state index contributed by atoms with van der Waals surface area (Å²) < 4.78 is 28.1. The highest BCUT2D eigenvalue weighted by atomic mass is 32.2. The Hall–Kier alpha value is -2.62. The van der Waals surface area contributed by atoms with E-state index in [1.54, 1.807) is 7.05 Å². The van der Waals surface area contributed by atoms with Gasteiger partial charge in [-0.2, -0.15) is 5.10 Å². The Kier molecular flexibility index (Phi) is 3.80. The standard InChI is InChI=1S/C11H13N5O4S/c1-12-10-4-3-9(5-11(10)16(17)18)21(19,20)14-8-6-13-15(2)7-8/h3-7,12,14H,1-2H3. The van der Waals surface area contributed by atoms with Gasteiger partial charge in [0.1, 0.15) is 5.69 Å². The highest BCUT2D eigenvalue weighted by Crippen LogP contribution is 2.27. The van der Waals surface area contributed by atoms with Crippen LogP contribution in [-0.4, -0.2) is 30.2 Å². The number of anilines is 2. The van der Waals surface area contributed by atoms with Gasteiger partial charge in [-0.25, -0.2) is 8.42 Å². The maximum atomic E-state index is 12.2. The third-order valence-corrected chi connectivity index (χ3v) is 4.08. The number of hydrogen-bond donors (Lipinski definition) is 2. The first kappa shape index (κ1) is 14.8. The number of nitro groups is 1. The molecule has 1 aromatic heterocycles. The number of aromatic nitrogens is 2. The van der Waals surface area contributed by atoms with Crippen LogP contribution in [0.4, 0.5) is 17.1 Å². The van der Waals surface area contributed by atoms with Crippen LogP contribution in [0.3, 0.4) is 0 Å². The topological polar surface area (TPSA) is 119 Å². The summed E-state index contributed by atoms with van der Waals surface area (Å²) in [4.78, 5) is 10.1. The third-order valence-electron chi connectivity index (χ3n) is 2.70. The predicted octanol–water partition coefficient (Wildman–Crippen LogP) is 1.17. The molecule has 0 atom stereocenters. The molecule has 9 nitrogen and oxygen atoms in total. The summed E-state index contributed by atoms with van der Waals surface area (Å²) in [6, 6.07) is 3.64. The minimum atomic E-state index is -3.92. The van der Waals surface area contributed by atoms with Crippen molar-refractivity contribution in [2.45, 2.75) is 4.90 Å². The first-order chi connectivity index (χ1) is 9.83. The molecule has 10 heteroatoms. The van der Waals surface area contributed by atoms with E-state index in [-0.39, 0.29) is 22.0 Å². The van der Waals surface area contributed by atoms with Gasteiger partial charge >= 0.3 is 0 Å². The first-order valence-electron chi connectivity index (χ1n) is 5.81. The van der Waals surface area contributed by atoms with Gasteiger partial charge in [0.25, 0.3) is 15.7 Å². The minimum Gasteiger partial charge on any atom is -0.383 e. The molecule has 112 valence electrons. The highest BCUT2D eigenvalue weighted by Gasteiger charge is 2.21. The molecule has 0 fully saturated rings. The molecule has 0 spiro atoms. The fraction of sp³-hybridized carbons (Fsp3) is 0.182. The number of benzene rings is 1. The van der Waals surface area contributed by atoms with Crippen molar-refractivity contribution >= 4 is 27.1 Å². The summed E-state index contributed by atoms with van der Waals surface area (Å²) >= 11 is 0. The van der Waals surface area contributed by atoms with Gasteiger partial charge in [0, 0.05) is 26.4 Å². The summed E-state index contributed by atoms with van der Waals surface area (Å²) in [6.07, 6.45) is 2.82. The second-order valence-corrected chi connectivity index (χ2v) is 5.88. The monoisotopic (exact) mass is 311 g/mol. The molecule has 1 aromatic carbocycles. The highest BCUT2D eigenvalue weighted by molar-refractivity contribution is 7.92. The molecule has 0 bridgehead atoms. The number of aryl methyl sites for hydroxylation is 1. The molecule has 0 saturated carbocycles. The number of nitro benzene ring substituents is 1. The lowest BCUT2D eigenvalue weighted by molar-refractivity contribution is -0.384. The molecular formula is C11H13N5O4S. The zero-order chi connectivity index (χ0) is 15.6. The van der Waals surface area contributed by atoms with Crippen LogP contribution in [0.2, 0.25) is 0 Å². The maximum Gasteiger partial charge on any atom is 0.293 e. The van der Waals surface area contributed by atoms with E-state index in [4.69, 9.17) is 0 Å². The number of sulfonamides is 1. The molecular weight excluding hydrogens is 298 g/mol. The van der Waals surface area contributed by atoms with E-state index in [1.165, 1.54) is 36.3 Å². The van der Waals surface area contributed by atoms with Crippen LogP contribution >= 0.6 is 0 Å². The van der Waals surface area contributed by atoms with Crippen LogP contribution in [0.15, 0.2) is 35.5 Å². The molecule has 0 radical (unpaired) electrons. The molecule has 1 heterocycles. The van der Waals surface area contributed by atoms with Crippen molar-refractivity contribution in [2.24, 2.45) is 7.05 Å². The molecule has 0 aliphatic carbocycles. The predicted molar refractivity (Wildman–Crippen MR) is 76.7 cm³/mol. The van der Waals surface area contributed by atoms with Crippen LogP contribution in [0.5, 0.6) is 0 Å². The van der Waals surface area contributed by atoms with E-state index in [0.717, 1.165) is 6.07 Å². The molecule has 0 saturated heterocycles. The van der Waals surface area contributed by atoms with E-state index in [9.17, 15) is 18.5 Å². The van der Waals surface area contributed by atoms with Crippen LogP contribution in [0.1, 0.15) is 0 Å². The van der Waals surface area contributed by atoms with E-state index in [0.29, 0.717) is 0 Å². The Bertz CT molecular complexity index is 784. The van der Waals surface area contributed by atoms with Gasteiger partial charge in [-0.15, -0.1) is 0 Å². The zero-order valence-electron chi connectivity index (χ0n) is 11.3. The van der Waals surface area contributed by atoms with Crippen molar-refractivity contribution in [3.05, 3.63) is 40.7 Å². The van der Waals surface area contributed by atoms with Crippen LogP contribution in [0.25, 0.3) is 0 Å². The number of nitrogens with zero attached hydrogens (tertiary/aromatic N) is 3. The summed E-state index contributed by atoms with van der Waals surface area (Å²) in [7, 11) is -0.755. The fourth-order valence-corrected chi connectivity index (χ4v) is 2.78. The SMILES string of the molecule is CNc1ccc(S(=O)(=O)Nc2cnn(C)c2)cc1[N+](=O)[O-]. The first-order valence-corrected chi connectivity index (χ1v) is 7.29. The quantitative estimate of drug-likeness (QED) is 0.632. The van der Waals surface area contributed by atoms with Gasteiger partial charge in [-0.1, -0.05) is 0 Å². The smallest absolute Gasteiger partial charge is 0.293 e. The Balaban J connectivity index is 2.40. The Morgan fingerprint density at radius 1 is 1.38 bits per heavy atom. The van der Waals surface area contributed by atoms with E-state index in [1.807, 2.05) is 0 Å². The van der Waals surface area contributed by atoms with Crippen LogP contribution < -0.4 is 10.0 Å². The average Bonchev–Trinajstić information content (AvgIpc) is 2.82. The number of nitrogens with one attached hydrogen (secondary N) is 2. The normalized spacial score (nSPS) is 11.1. The van der Waals surface area contributed by atoms with Gasteiger partial charge < -0.3 is 5.32 Å². The minimum absolute atomic E-state index is 0.197. The van der Waals surface area contributed by atoms with Crippen molar-refractivity contribution in [1.82, 2.24) is 9.78 Å². The van der Waals surface area contributed by atoms with E-state index < -0.39 is 14.9 Å². The Morgan fingerprint density at radius 2 is 2.10 bits per heavy atom. The zero-order valence-corrected chi connectivity index (χ0v) is 12.1. The summed E-state index contributed by atoms with van der Waals surface area (Å²) in [5, 5.41) is 17.4. The summed E-state index contributed by atoms with van der Waals surface area (Å²) in [5.74, 6) is 0. The second-order valence-electron chi connectivity index (χ2n) is 4.19. The van der Waals surface area contributed by atoms with Crippen molar-refractivity contribution in [3.8, 4) is 0 Å². The lowest BCUT2D eigenvalue weighted by Crippen LogP contribution is -2.13. The van der Waals surface area contributed by atoms with Crippen molar-refractivity contribution in [2.75, 3.05) is 17.1 Å². The Labute approximate surface area is 120 Å². The van der Waals surface area contributed by atoms with Crippen LogP contribution in [0, 0.1) is 10.1 Å². The molecule has 21 heavy (non-hydrogen) atoms. The lowest BCUT2D eigenvalue weighted by Gasteiger charge is -2.07. The summed E-state index contributed by atoms with van der Waals surface area (Å²) in [5.41, 5.74) is 0.199. The van der Waals surface area contributed by atoms with Crippen molar-refractivity contribution < 1.29 is 13.3 Å². The molecule has 0 aliphatic rings. The molecule has 2 aromatic rings. The Morgan fingerprint density at radius 3 is 2.62 bits per heavy atom. The van der Waals surface area contributed by atoms with Crippen LogP contribution in [-0.2, 0) is 17.1 Å². The molecule has 0 unspecified atom stereocenters. The van der Waals surface area contributed by atoms with Crippen molar-refractivity contribution in [3.63, 3.8) is 0 Å². The molecule has 0 amide bonds. The van der Waals surface area contributed by atoms with Gasteiger partial charge in [0.15, 0.2) is 0 Å². The summed E-state index contributed by atoms with van der Waals surface area (Å²) in [6.45, 7) is 0. The van der Waals surface area contributed by atoms with Gasteiger partial charge in [-0.05, 0) is 12.1 Å². The molecule has 0 aliphatic heterocycles. The number of rotatable bonds is 5. The second kappa shape index (κ2) is 5.40. The van der Waals surface area contributed by atoms with Gasteiger partial charge in [-0.3, -0.25) is 19.5 Å². The van der Waals surface area contributed by atoms with E-state index >= 15 is 0 Å². The van der Waals surface area contributed by atoms with Gasteiger partial charge in [0.05, 0.1) is 21.7 Å². The largest absolute Gasteiger partial charge is 0.383 e. The van der Waals surface area contributed by atoms with Crippen molar-refractivity contribution in [1.29, 1.82) is 0 Å². The number of hydrogen-bond acceptors (Lipinski definition) is 6.